The van der Waals surface area contributed by atoms with Crippen molar-refractivity contribution in [1.82, 2.24) is 20.4 Å². The van der Waals surface area contributed by atoms with E-state index in [1.54, 1.807) is 30.7 Å². The van der Waals surface area contributed by atoms with Crippen molar-refractivity contribution in [2.45, 2.75) is 46.2 Å². The molecular formula is C18H23FN4O2. The number of hydrogen-bond acceptors (Lipinski definition) is 3. The van der Waals surface area contributed by atoms with Crippen molar-refractivity contribution in [3.05, 3.63) is 47.5 Å². The first kappa shape index (κ1) is 18.6. The van der Waals surface area contributed by atoms with Crippen molar-refractivity contribution in [1.29, 1.82) is 0 Å². The van der Waals surface area contributed by atoms with Crippen LogP contribution in [0.3, 0.4) is 0 Å². The van der Waals surface area contributed by atoms with E-state index in [0.717, 1.165) is 0 Å². The molecule has 2 N–H and O–H groups in total. The lowest BCUT2D eigenvalue weighted by Gasteiger charge is -2.23. The van der Waals surface area contributed by atoms with Crippen LogP contribution >= 0.6 is 0 Å². The van der Waals surface area contributed by atoms with Crippen molar-refractivity contribution >= 4 is 11.8 Å². The Morgan fingerprint density at radius 3 is 2.36 bits per heavy atom. The molecule has 0 radical (unpaired) electrons. The summed E-state index contributed by atoms with van der Waals surface area (Å²) in [5.41, 5.74) is 1.24. The summed E-state index contributed by atoms with van der Waals surface area (Å²) in [7, 11) is 0. The Hall–Kier alpha value is -2.70. The molecule has 0 spiro atoms. The molecule has 6 nitrogen and oxygen atoms in total. The van der Waals surface area contributed by atoms with Gasteiger partial charge in [-0.3, -0.25) is 9.59 Å². The quantitative estimate of drug-likeness (QED) is 0.892. The summed E-state index contributed by atoms with van der Waals surface area (Å²) >= 11 is 0. The lowest BCUT2D eigenvalue weighted by Crippen LogP contribution is -2.50. The first-order valence-electron chi connectivity index (χ1n) is 8.02. The zero-order chi connectivity index (χ0) is 18.8. The van der Waals surface area contributed by atoms with Gasteiger partial charge < -0.3 is 10.6 Å². The van der Waals surface area contributed by atoms with Gasteiger partial charge in [0.05, 0.1) is 23.1 Å². The number of hydrogen-bond donors (Lipinski definition) is 2. The number of amides is 2. The molecule has 1 aromatic heterocycles. The summed E-state index contributed by atoms with van der Waals surface area (Å²) in [6.07, 6.45) is 1.43. The minimum Gasteiger partial charge on any atom is -0.350 e. The maximum absolute atomic E-state index is 13.0. The zero-order valence-corrected chi connectivity index (χ0v) is 15.1. The minimum atomic E-state index is -0.680. The van der Waals surface area contributed by atoms with E-state index in [9.17, 15) is 14.0 Å². The summed E-state index contributed by atoms with van der Waals surface area (Å²) < 4.78 is 14.6. The normalized spacial score (nSPS) is 12.6. The molecule has 0 saturated heterocycles. The molecule has 7 heteroatoms. The summed E-state index contributed by atoms with van der Waals surface area (Å²) in [6.45, 7) is 8.98. The summed E-state index contributed by atoms with van der Waals surface area (Å²) in [5, 5.41) is 9.67. The Bertz CT molecular complexity index is 775. The molecule has 0 fully saturated rings. The fourth-order valence-corrected chi connectivity index (χ4v) is 2.29. The standard InChI is InChI=1S/C18H23FN4O2/c1-11(16(24)22-18(3,4)5)21-17(25)15-10-20-23(12(15)2)14-8-6-13(19)7-9-14/h6-11H,1-5H3,(H,21,25)(H,22,24). The molecule has 0 aliphatic rings. The van der Waals surface area contributed by atoms with Gasteiger partial charge in [0, 0.05) is 5.54 Å². The highest BCUT2D eigenvalue weighted by Crippen LogP contribution is 2.15. The molecule has 25 heavy (non-hydrogen) atoms. The molecule has 0 bridgehead atoms. The van der Waals surface area contributed by atoms with Crippen LogP contribution in [0.2, 0.25) is 0 Å². The van der Waals surface area contributed by atoms with Crippen molar-refractivity contribution in [2.75, 3.05) is 0 Å². The highest BCUT2D eigenvalue weighted by molar-refractivity contribution is 5.98. The largest absolute Gasteiger partial charge is 0.350 e. The molecule has 1 heterocycles. The van der Waals surface area contributed by atoms with Crippen LogP contribution in [0.4, 0.5) is 4.39 Å². The number of carbonyl (C=O) groups excluding carboxylic acids is 2. The SMILES string of the molecule is Cc1c(C(=O)NC(C)C(=O)NC(C)(C)C)cnn1-c1ccc(F)cc1. The maximum Gasteiger partial charge on any atom is 0.255 e. The third-order valence-corrected chi connectivity index (χ3v) is 3.56. The van der Waals surface area contributed by atoms with Crippen LogP contribution in [0.25, 0.3) is 5.69 Å². The van der Waals surface area contributed by atoms with Crippen molar-refractivity contribution in [3.63, 3.8) is 0 Å². The van der Waals surface area contributed by atoms with Crippen LogP contribution < -0.4 is 10.6 Å². The van der Waals surface area contributed by atoms with Gasteiger partial charge in [-0.2, -0.15) is 5.10 Å². The summed E-state index contributed by atoms with van der Waals surface area (Å²) in [4.78, 5) is 24.5. The van der Waals surface area contributed by atoms with Gasteiger partial charge in [-0.05, 0) is 58.9 Å². The van der Waals surface area contributed by atoms with Crippen LogP contribution in [-0.2, 0) is 4.79 Å². The van der Waals surface area contributed by atoms with Gasteiger partial charge in [0.2, 0.25) is 5.91 Å². The lowest BCUT2D eigenvalue weighted by molar-refractivity contribution is -0.124. The molecule has 2 rings (SSSR count). The number of rotatable bonds is 4. The molecule has 134 valence electrons. The third kappa shape index (κ3) is 4.65. The van der Waals surface area contributed by atoms with Crippen LogP contribution in [0, 0.1) is 12.7 Å². The maximum atomic E-state index is 13.0. The van der Waals surface area contributed by atoms with Gasteiger partial charge >= 0.3 is 0 Å². The fourth-order valence-electron chi connectivity index (χ4n) is 2.29. The highest BCUT2D eigenvalue weighted by Gasteiger charge is 2.23. The van der Waals surface area contributed by atoms with Crippen molar-refractivity contribution < 1.29 is 14.0 Å². The van der Waals surface area contributed by atoms with E-state index in [1.165, 1.54) is 18.3 Å². The zero-order valence-electron chi connectivity index (χ0n) is 15.1. The second-order valence-electron chi connectivity index (χ2n) is 6.97. The van der Waals surface area contributed by atoms with E-state index in [-0.39, 0.29) is 23.2 Å². The topological polar surface area (TPSA) is 76.0 Å². The van der Waals surface area contributed by atoms with Crippen molar-refractivity contribution in [2.24, 2.45) is 0 Å². The Kier molecular flexibility index (Phi) is 5.25. The molecule has 1 unspecified atom stereocenters. The number of carbonyl (C=O) groups is 2. The average Bonchev–Trinajstić information content (AvgIpc) is 2.88. The van der Waals surface area contributed by atoms with Crippen LogP contribution in [0.15, 0.2) is 30.5 Å². The van der Waals surface area contributed by atoms with Crippen LogP contribution in [0.1, 0.15) is 43.7 Å². The molecule has 1 atom stereocenters. The van der Waals surface area contributed by atoms with Gasteiger partial charge in [-0.15, -0.1) is 0 Å². The first-order valence-corrected chi connectivity index (χ1v) is 8.02. The monoisotopic (exact) mass is 346 g/mol. The summed E-state index contributed by atoms with van der Waals surface area (Å²) in [5.74, 6) is -0.989. The van der Waals surface area contributed by atoms with Gasteiger partial charge in [0.15, 0.2) is 0 Å². The van der Waals surface area contributed by atoms with Gasteiger partial charge in [0.25, 0.3) is 5.91 Å². The van der Waals surface area contributed by atoms with Crippen molar-refractivity contribution in [3.8, 4) is 5.69 Å². The van der Waals surface area contributed by atoms with E-state index in [4.69, 9.17) is 0 Å². The number of benzene rings is 1. The van der Waals surface area contributed by atoms with Crippen LogP contribution in [0.5, 0.6) is 0 Å². The smallest absolute Gasteiger partial charge is 0.255 e. The molecule has 1 aromatic carbocycles. The van der Waals surface area contributed by atoms with E-state index in [1.807, 2.05) is 20.8 Å². The van der Waals surface area contributed by atoms with Gasteiger partial charge in [0.1, 0.15) is 11.9 Å². The fraction of sp³-hybridized carbons (Fsp3) is 0.389. The van der Waals surface area contributed by atoms with E-state index in [0.29, 0.717) is 16.9 Å². The van der Waals surface area contributed by atoms with E-state index >= 15 is 0 Å². The lowest BCUT2D eigenvalue weighted by atomic mass is 10.1. The molecular weight excluding hydrogens is 323 g/mol. The van der Waals surface area contributed by atoms with E-state index < -0.39 is 6.04 Å². The van der Waals surface area contributed by atoms with Gasteiger partial charge in [-0.1, -0.05) is 0 Å². The van der Waals surface area contributed by atoms with Crippen LogP contribution in [-0.4, -0.2) is 33.2 Å². The highest BCUT2D eigenvalue weighted by atomic mass is 19.1. The van der Waals surface area contributed by atoms with Gasteiger partial charge in [-0.25, -0.2) is 9.07 Å². The minimum absolute atomic E-state index is 0.260. The molecule has 0 aliphatic heterocycles. The Balaban J connectivity index is 2.13. The number of nitrogens with zero attached hydrogens (tertiary/aromatic N) is 2. The number of halogens is 1. The molecule has 0 aliphatic carbocycles. The predicted octanol–water partition coefficient (Wildman–Crippen LogP) is 2.35. The predicted molar refractivity (Wildman–Crippen MR) is 93.1 cm³/mol. The Labute approximate surface area is 146 Å². The first-order chi connectivity index (χ1) is 11.6. The Morgan fingerprint density at radius 1 is 1.20 bits per heavy atom. The number of aromatic nitrogens is 2. The second-order valence-corrected chi connectivity index (χ2v) is 6.97. The molecule has 2 amide bonds. The average molecular weight is 346 g/mol. The molecule has 2 aromatic rings. The third-order valence-electron chi connectivity index (χ3n) is 3.56. The second kappa shape index (κ2) is 7.04. The Morgan fingerprint density at radius 2 is 1.80 bits per heavy atom. The molecule has 0 saturated carbocycles. The van der Waals surface area contributed by atoms with E-state index in [2.05, 4.69) is 15.7 Å². The number of nitrogens with one attached hydrogen (secondary N) is 2. The summed E-state index contributed by atoms with van der Waals surface area (Å²) in [6, 6.07) is 5.14.